The molecule has 0 aliphatic heterocycles. The van der Waals surface area contributed by atoms with Crippen molar-refractivity contribution in [1.82, 2.24) is 5.32 Å². The Hall–Kier alpha value is -1.06. The number of hydrogen-bond acceptors (Lipinski definition) is 3. The van der Waals surface area contributed by atoms with Crippen LogP contribution in [-0.4, -0.2) is 22.4 Å². The summed E-state index contributed by atoms with van der Waals surface area (Å²) in [4.78, 5) is 0. The van der Waals surface area contributed by atoms with Gasteiger partial charge in [-0.05, 0) is 31.0 Å². The van der Waals surface area contributed by atoms with E-state index in [1.165, 1.54) is 0 Å². The fourth-order valence-corrected chi connectivity index (χ4v) is 1.22. The zero-order valence-electron chi connectivity index (χ0n) is 9.33. The van der Waals surface area contributed by atoms with Crippen LogP contribution in [-0.2, 0) is 6.54 Å². The molecule has 1 atom stereocenters. The molecule has 3 heteroatoms. The van der Waals surface area contributed by atoms with Crippen LogP contribution in [0.2, 0.25) is 0 Å². The SMILES string of the molecule is CCC(C)(CO)NCc1ccc(O)cc1. The monoisotopic (exact) mass is 209 g/mol. The molecule has 0 bridgehead atoms. The maximum Gasteiger partial charge on any atom is 0.115 e. The average molecular weight is 209 g/mol. The standard InChI is InChI=1S/C12H19NO2/c1-3-12(2,9-14)13-8-10-4-6-11(15)7-5-10/h4-7,13-15H,3,8-9H2,1-2H3. The fraction of sp³-hybridized carbons (Fsp3) is 0.500. The van der Waals surface area contributed by atoms with Crippen molar-refractivity contribution in [2.75, 3.05) is 6.61 Å². The van der Waals surface area contributed by atoms with E-state index >= 15 is 0 Å². The molecule has 0 radical (unpaired) electrons. The summed E-state index contributed by atoms with van der Waals surface area (Å²) in [6.07, 6.45) is 0.877. The first-order chi connectivity index (χ1) is 7.09. The highest BCUT2D eigenvalue weighted by Crippen LogP contribution is 2.12. The van der Waals surface area contributed by atoms with Crippen LogP contribution in [0.1, 0.15) is 25.8 Å². The third kappa shape index (κ3) is 3.53. The minimum absolute atomic E-state index is 0.127. The summed E-state index contributed by atoms with van der Waals surface area (Å²) >= 11 is 0. The summed E-state index contributed by atoms with van der Waals surface area (Å²) in [5.74, 6) is 0.277. The number of aliphatic hydroxyl groups excluding tert-OH is 1. The largest absolute Gasteiger partial charge is 0.508 e. The van der Waals surface area contributed by atoms with Crippen molar-refractivity contribution in [2.45, 2.75) is 32.4 Å². The average Bonchev–Trinajstić information content (AvgIpc) is 2.28. The summed E-state index contributed by atoms with van der Waals surface area (Å²) in [6, 6.07) is 7.07. The predicted octanol–water partition coefficient (Wildman–Crippen LogP) is 1.64. The summed E-state index contributed by atoms with van der Waals surface area (Å²) in [6.45, 7) is 4.86. The van der Waals surface area contributed by atoms with Crippen LogP contribution in [0.15, 0.2) is 24.3 Å². The van der Waals surface area contributed by atoms with Crippen LogP contribution >= 0.6 is 0 Å². The van der Waals surface area contributed by atoms with E-state index in [-0.39, 0.29) is 17.9 Å². The highest BCUT2D eigenvalue weighted by Gasteiger charge is 2.19. The lowest BCUT2D eigenvalue weighted by Gasteiger charge is -2.27. The van der Waals surface area contributed by atoms with Crippen LogP contribution in [0.3, 0.4) is 0 Å². The molecule has 3 N–H and O–H groups in total. The first-order valence-corrected chi connectivity index (χ1v) is 5.23. The van der Waals surface area contributed by atoms with Crippen molar-refractivity contribution in [3.8, 4) is 5.75 Å². The lowest BCUT2D eigenvalue weighted by Crippen LogP contribution is -2.44. The van der Waals surface area contributed by atoms with Crippen LogP contribution in [0.5, 0.6) is 5.75 Å². The lowest BCUT2D eigenvalue weighted by atomic mass is 10.00. The van der Waals surface area contributed by atoms with E-state index < -0.39 is 0 Å². The summed E-state index contributed by atoms with van der Waals surface area (Å²) in [5.41, 5.74) is 0.874. The van der Waals surface area contributed by atoms with E-state index in [4.69, 9.17) is 5.11 Å². The Morgan fingerprint density at radius 3 is 2.33 bits per heavy atom. The highest BCUT2D eigenvalue weighted by atomic mass is 16.3. The highest BCUT2D eigenvalue weighted by molar-refractivity contribution is 5.25. The van der Waals surface area contributed by atoms with Crippen molar-refractivity contribution in [3.05, 3.63) is 29.8 Å². The second-order valence-corrected chi connectivity index (χ2v) is 4.09. The molecule has 0 spiro atoms. The lowest BCUT2D eigenvalue weighted by molar-refractivity contribution is 0.169. The molecule has 0 saturated carbocycles. The summed E-state index contributed by atoms with van der Waals surface area (Å²) < 4.78 is 0. The number of benzene rings is 1. The first kappa shape index (κ1) is 12.0. The van der Waals surface area contributed by atoms with Gasteiger partial charge in [-0.1, -0.05) is 19.1 Å². The number of nitrogens with one attached hydrogen (secondary N) is 1. The normalized spacial score (nSPS) is 14.9. The molecule has 0 aliphatic rings. The second kappa shape index (κ2) is 5.14. The summed E-state index contributed by atoms with van der Waals surface area (Å²) in [5, 5.41) is 21.6. The number of aromatic hydroxyl groups is 1. The Bertz CT molecular complexity index is 291. The molecule has 1 unspecified atom stereocenters. The van der Waals surface area contributed by atoms with Gasteiger partial charge in [0.2, 0.25) is 0 Å². The van der Waals surface area contributed by atoms with E-state index in [0.717, 1.165) is 12.0 Å². The van der Waals surface area contributed by atoms with Gasteiger partial charge in [0.15, 0.2) is 0 Å². The van der Waals surface area contributed by atoms with Gasteiger partial charge in [-0.25, -0.2) is 0 Å². The quantitative estimate of drug-likeness (QED) is 0.691. The number of hydrogen-bond donors (Lipinski definition) is 3. The number of phenolic OH excluding ortho intramolecular Hbond substituents is 1. The second-order valence-electron chi connectivity index (χ2n) is 4.09. The fourth-order valence-electron chi connectivity index (χ4n) is 1.22. The van der Waals surface area contributed by atoms with Gasteiger partial charge in [0, 0.05) is 12.1 Å². The first-order valence-electron chi connectivity index (χ1n) is 5.23. The van der Waals surface area contributed by atoms with Gasteiger partial charge in [0.1, 0.15) is 5.75 Å². The van der Waals surface area contributed by atoms with Crippen LogP contribution in [0.4, 0.5) is 0 Å². The minimum Gasteiger partial charge on any atom is -0.508 e. The third-order valence-corrected chi connectivity index (χ3v) is 2.78. The third-order valence-electron chi connectivity index (χ3n) is 2.78. The maximum absolute atomic E-state index is 9.20. The molecule has 1 aromatic rings. The Morgan fingerprint density at radius 1 is 1.27 bits per heavy atom. The summed E-state index contributed by atoms with van der Waals surface area (Å²) in [7, 11) is 0. The number of phenols is 1. The Balaban J connectivity index is 2.53. The van der Waals surface area contributed by atoms with E-state index in [0.29, 0.717) is 6.54 Å². The van der Waals surface area contributed by atoms with Crippen molar-refractivity contribution in [3.63, 3.8) is 0 Å². The van der Waals surface area contributed by atoms with Crippen molar-refractivity contribution >= 4 is 0 Å². The van der Waals surface area contributed by atoms with E-state index in [1.807, 2.05) is 26.0 Å². The van der Waals surface area contributed by atoms with Crippen LogP contribution in [0, 0.1) is 0 Å². The van der Waals surface area contributed by atoms with Gasteiger partial charge in [-0.15, -0.1) is 0 Å². The maximum atomic E-state index is 9.20. The molecule has 0 aliphatic carbocycles. The molecule has 0 fully saturated rings. The van der Waals surface area contributed by atoms with Gasteiger partial charge in [-0.2, -0.15) is 0 Å². The Kier molecular flexibility index (Phi) is 4.12. The van der Waals surface area contributed by atoms with Crippen molar-refractivity contribution in [2.24, 2.45) is 0 Å². The van der Waals surface area contributed by atoms with Crippen LogP contribution in [0.25, 0.3) is 0 Å². The number of aliphatic hydroxyl groups is 1. The van der Waals surface area contributed by atoms with Gasteiger partial charge >= 0.3 is 0 Å². The zero-order chi connectivity index (χ0) is 11.3. The molecule has 1 aromatic carbocycles. The van der Waals surface area contributed by atoms with Crippen molar-refractivity contribution in [1.29, 1.82) is 0 Å². The Labute approximate surface area is 90.8 Å². The number of rotatable bonds is 5. The van der Waals surface area contributed by atoms with Gasteiger partial charge in [-0.3, -0.25) is 0 Å². The molecule has 0 amide bonds. The molecule has 1 rings (SSSR count). The molecular weight excluding hydrogens is 190 g/mol. The van der Waals surface area contributed by atoms with Gasteiger partial charge < -0.3 is 15.5 Å². The molecule has 0 heterocycles. The zero-order valence-corrected chi connectivity index (χ0v) is 9.33. The minimum atomic E-state index is -0.224. The topological polar surface area (TPSA) is 52.5 Å². The van der Waals surface area contributed by atoms with Gasteiger partial charge in [0.05, 0.1) is 6.61 Å². The van der Waals surface area contributed by atoms with Crippen LogP contribution < -0.4 is 5.32 Å². The molecular formula is C12H19NO2. The Morgan fingerprint density at radius 2 is 1.87 bits per heavy atom. The molecule has 15 heavy (non-hydrogen) atoms. The molecule has 3 nitrogen and oxygen atoms in total. The molecule has 0 saturated heterocycles. The van der Waals surface area contributed by atoms with Gasteiger partial charge in [0.25, 0.3) is 0 Å². The molecule has 84 valence electrons. The van der Waals surface area contributed by atoms with E-state index in [2.05, 4.69) is 5.32 Å². The smallest absolute Gasteiger partial charge is 0.115 e. The van der Waals surface area contributed by atoms with E-state index in [9.17, 15) is 5.11 Å². The van der Waals surface area contributed by atoms with E-state index in [1.54, 1.807) is 12.1 Å². The predicted molar refractivity (Wildman–Crippen MR) is 60.7 cm³/mol. The molecule has 0 aromatic heterocycles. The van der Waals surface area contributed by atoms with Crippen molar-refractivity contribution < 1.29 is 10.2 Å².